The van der Waals surface area contributed by atoms with Crippen molar-refractivity contribution in [2.45, 2.75) is 11.8 Å². The standard InChI is InChI=1S/C16H16ClFN2O3S/c1-2-20(24(22,23)15-8-6-12(17)7-9-15)11-16(21)19-14-5-3-4-13(18)10-14/h3-10H,2,11H2,1H3,(H,19,21). The number of rotatable bonds is 6. The summed E-state index contributed by atoms with van der Waals surface area (Å²) in [5, 5.41) is 2.89. The van der Waals surface area contributed by atoms with Gasteiger partial charge in [-0.2, -0.15) is 4.31 Å². The fourth-order valence-electron chi connectivity index (χ4n) is 2.05. The number of carbonyl (C=O) groups excluding carboxylic acids is 1. The van der Waals surface area contributed by atoms with Crippen molar-refractivity contribution in [2.75, 3.05) is 18.4 Å². The van der Waals surface area contributed by atoms with Gasteiger partial charge in [0.2, 0.25) is 15.9 Å². The molecule has 0 aliphatic heterocycles. The number of benzene rings is 2. The summed E-state index contributed by atoms with van der Waals surface area (Å²) in [6.07, 6.45) is 0. The van der Waals surface area contributed by atoms with Crippen LogP contribution in [0.5, 0.6) is 0 Å². The molecule has 1 amide bonds. The van der Waals surface area contributed by atoms with E-state index in [2.05, 4.69) is 5.32 Å². The Hall–Kier alpha value is -1.96. The summed E-state index contributed by atoms with van der Waals surface area (Å²) in [5.74, 6) is -1.05. The average molecular weight is 371 g/mol. The fraction of sp³-hybridized carbons (Fsp3) is 0.188. The minimum absolute atomic E-state index is 0.0484. The van der Waals surface area contributed by atoms with Crippen molar-refractivity contribution in [3.63, 3.8) is 0 Å². The van der Waals surface area contributed by atoms with Crippen LogP contribution in [0.25, 0.3) is 0 Å². The zero-order valence-corrected chi connectivity index (χ0v) is 14.4. The van der Waals surface area contributed by atoms with Gasteiger partial charge in [0, 0.05) is 17.3 Å². The summed E-state index contributed by atoms with van der Waals surface area (Å²) in [6, 6.07) is 11.1. The van der Waals surface area contributed by atoms with E-state index in [1.54, 1.807) is 6.92 Å². The molecular formula is C16H16ClFN2O3S. The summed E-state index contributed by atoms with van der Waals surface area (Å²) < 4.78 is 39.3. The van der Waals surface area contributed by atoms with E-state index in [4.69, 9.17) is 11.6 Å². The van der Waals surface area contributed by atoms with Crippen molar-refractivity contribution >= 4 is 33.2 Å². The SMILES string of the molecule is CCN(CC(=O)Nc1cccc(F)c1)S(=O)(=O)c1ccc(Cl)cc1. The first-order valence-electron chi connectivity index (χ1n) is 7.14. The summed E-state index contributed by atoms with van der Waals surface area (Å²) >= 11 is 5.76. The number of hydrogen-bond donors (Lipinski definition) is 1. The van der Waals surface area contributed by atoms with E-state index in [1.807, 2.05) is 0 Å². The summed E-state index contributed by atoms with van der Waals surface area (Å²) in [6.45, 7) is 1.36. The van der Waals surface area contributed by atoms with Crippen molar-refractivity contribution in [3.05, 3.63) is 59.4 Å². The Bertz CT molecular complexity index is 825. The number of anilines is 1. The van der Waals surface area contributed by atoms with Gasteiger partial charge in [-0.25, -0.2) is 12.8 Å². The zero-order valence-electron chi connectivity index (χ0n) is 12.9. The number of amides is 1. The van der Waals surface area contributed by atoms with Crippen LogP contribution in [0, 0.1) is 5.82 Å². The first kappa shape index (κ1) is 18.4. The van der Waals surface area contributed by atoms with Gasteiger partial charge in [-0.3, -0.25) is 4.79 Å². The van der Waals surface area contributed by atoms with E-state index < -0.39 is 21.7 Å². The highest BCUT2D eigenvalue weighted by Crippen LogP contribution is 2.18. The lowest BCUT2D eigenvalue weighted by Crippen LogP contribution is -2.37. The van der Waals surface area contributed by atoms with E-state index in [1.165, 1.54) is 42.5 Å². The number of carbonyl (C=O) groups is 1. The molecule has 0 saturated carbocycles. The van der Waals surface area contributed by atoms with Gasteiger partial charge in [0.05, 0.1) is 11.4 Å². The Morgan fingerprint density at radius 3 is 2.46 bits per heavy atom. The smallest absolute Gasteiger partial charge is 0.243 e. The highest BCUT2D eigenvalue weighted by Gasteiger charge is 2.25. The van der Waals surface area contributed by atoms with E-state index >= 15 is 0 Å². The molecule has 0 aliphatic rings. The number of sulfonamides is 1. The molecule has 24 heavy (non-hydrogen) atoms. The molecule has 0 aliphatic carbocycles. The van der Waals surface area contributed by atoms with Crippen molar-refractivity contribution in [2.24, 2.45) is 0 Å². The van der Waals surface area contributed by atoms with Gasteiger partial charge in [0.1, 0.15) is 5.82 Å². The lowest BCUT2D eigenvalue weighted by Gasteiger charge is -2.20. The van der Waals surface area contributed by atoms with Gasteiger partial charge in [0.25, 0.3) is 0 Å². The molecule has 0 atom stereocenters. The quantitative estimate of drug-likeness (QED) is 0.849. The molecule has 8 heteroatoms. The molecule has 0 aromatic heterocycles. The molecule has 128 valence electrons. The highest BCUT2D eigenvalue weighted by molar-refractivity contribution is 7.89. The average Bonchev–Trinajstić information content (AvgIpc) is 2.53. The summed E-state index contributed by atoms with van der Waals surface area (Å²) in [5.41, 5.74) is 0.264. The molecule has 1 N–H and O–H groups in total. The predicted octanol–water partition coefficient (Wildman–Crippen LogP) is 3.13. The maximum atomic E-state index is 13.1. The lowest BCUT2D eigenvalue weighted by atomic mass is 10.3. The van der Waals surface area contributed by atoms with Gasteiger partial charge >= 0.3 is 0 Å². The number of halogens is 2. The Morgan fingerprint density at radius 1 is 1.21 bits per heavy atom. The highest BCUT2D eigenvalue weighted by atomic mass is 35.5. The predicted molar refractivity (Wildman–Crippen MR) is 90.9 cm³/mol. The second-order valence-corrected chi connectivity index (χ2v) is 7.32. The molecule has 0 fully saturated rings. The fourth-order valence-corrected chi connectivity index (χ4v) is 3.58. The van der Waals surface area contributed by atoms with Crippen LogP contribution in [-0.2, 0) is 14.8 Å². The van der Waals surface area contributed by atoms with Crippen molar-refractivity contribution in [1.29, 1.82) is 0 Å². The molecule has 0 bridgehead atoms. The molecule has 2 aromatic carbocycles. The van der Waals surface area contributed by atoms with Crippen molar-refractivity contribution in [3.8, 4) is 0 Å². The third-order valence-electron chi connectivity index (χ3n) is 3.23. The van der Waals surface area contributed by atoms with E-state index in [0.29, 0.717) is 5.02 Å². The maximum absolute atomic E-state index is 13.1. The number of hydrogen-bond acceptors (Lipinski definition) is 3. The van der Waals surface area contributed by atoms with Gasteiger partial charge in [-0.15, -0.1) is 0 Å². The van der Waals surface area contributed by atoms with Crippen LogP contribution < -0.4 is 5.32 Å². The van der Waals surface area contributed by atoms with Gasteiger partial charge in [-0.1, -0.05) is 24.6 Å². The van der Waals surface area contributed by atoms with Crippen LogP contribution >= 0.6 is 11.6 Å². The third kappa shape index (κ3) is 4.53. The van der Waals surface area contributed by atoms with Crippen molar-refractivity contribution < 1.29 is 17.6 Å². The third-order valence-corrected chi connectivity index (χ3v) is 5.42. The van der Waals surface area contributed by atoms with E-state index in [0.717, 1.165) is 10.4 Å². The van der Waals surface area contributed by atoms with Crippen LogP contribution in [0.4, 0.5) is 10.1 Å². The van der Waals surface area contributed by atoms with Crippen LogP contribution in [0.15, 0.2) is 53.4 Å². The zero-order chi connectivity index (χ0) is 17.7. The van der Waals surface area contributed by atoms with Crippen LogP contribution in [0.1, 0.15) is 6.92 Å². The van der Waals surface area contributed by atoms with Crippen LogP contribution in [-0.4, -0.2) is 31.7 Å². The van der Waals surface area contributed by atoms with E-state index in [9.17, 15) is 17.6 Å². The molecule has 0 saturated heterocycles. The molecule has 0 spiro atoms. The second-order valence-electron chi connectivity index (χ2n) is 4.94. The molecule has 0 unspecified atom stereocenters. The first-order valence-corrected chi connectivity index (χ1v) is 8.96. The second kappa shape index (κ2) is 7.74. The maximum Gasteiger partial charge on any atom is 0.243 e. The lowest BCUT2D eigenvalue weighted by molar-refractivity contribution is -0.116. The Labute approximate surface area is 145 Å². The molecule has 0 heterocycles. The minimum Gasteiger partial charge on any atom is -0.325 e. The first-order chi connectivity index (χ1) is 11.3. The van der Waals surface area contributed by atoms with E-state index in [-0.39, 0.29) is 23.7 Å². The summed E-state index contributed by atoms with van der Waals surface area (Å²) in [7, 11) is -3.82. The Morgan fingerprint density at radius 2 is 1.88 bits per heavy atom. The topological polar surface area (TPSA) is 66.5 Å². The van der Waals surface area contributed by atoms with Crippen LogP contribution in [0.3, 0.4) is 0 Å². The largest absolute Gasteiger partial charge is 0.325 e. The molecular weight excluding hydrogens is 355 g/mol. The summed E-state index contributed by atoms with van der Waals surface area (Å²) in [4.78, 5) is 12.1. The molecule has 2 rings (SSSR count). The van der Waals surface area contributed by atoms with Crippen LogP contribution in [0.2, 0.25) is 5.02 Å². The van der Waals surface area contributed by atoms with Gasteiger partial charge in [-0.05, 0) is 42.5 Å². The Kier molecular flexibility index (Phi) is 5.93. The molecule has 0 radical (unpaired) electrons. The van der Waals surface area contributed by atoms with Crippen molar-refractivity contribution in [1.82, 2.24) is 4.31 Å². The number of likely N-dealkylation sites (N-methyl/N-ethyl adjacent to an activating group) is 1. The Balaban J connectivity index is 2.13. The monoisotopic (exact) mass is 370 g/mol. The van der Waals surface area contributed by atoms with Gasteiger partial charge < -0.3 is 5.32 Å². The molecule has 2 aromatic rings. The minimum atomic E-state index is -3.82. The van der Waals surface area contributed by atoms with Gasteiger partial charge in [0.15, 0.2) is 0 Å². The number of nitrogens with zero attached hydrogens (tertiary/aromatic N) is 1. The number of nitrogens with one attached hydrogen (secondary N) is 1. The molecule has 5 nitrogen and oxygen atoms in total. The normalized spacial score (nSPS) is 11.5.